The SMILES string of the molecule is C=CC(=O)NCC(CC1CCCCC1)NC(=O)[C@H](Cc1nc2ccc(C(C)C)cc2s1)NC(=O)CCC. The normalized spacial score (nSPS) is 15.8. The van der Waals surface area contributed by atoms with Crippen LogP contribution in [0.2, 0.25) is 0 Å². The molecule has 0 saturated heterocycles. The highest BCUT2D eigenvalue weighted by atomic mass is 32.1. The Morgan fingerprint density at radius 1 is 1.16 bits per heavy atom. The van der Waals surface area contributed by atoms with Crippen LogP contribution in [0.3, 0.4) is 0 Å². The van der Waals surface area contributed by atoms with E-state index in [1.165, 1.54) is 30.9 Å². The molecule has 1 aliphatic carbocycles. The van der Waals surface area contributed by atoms with Gasteiger partial charge in [-0.2, -0.15) is 0 Å². The van der Waals surface area contributed by atoms with Crippen molar-refractivity contribution >= 4 is 39.3 Å². The van der Waals surface area contributed by atoms with Gasteiger partial charge in [-0.05, 0) is 48.4 Å². The molecule has 2 aromatic rings. The molecule has 1 aromatic heterocycles. The van der Waals surface area contributed by atoms with Crippen LogP contribution < -0.4 is 16.0 Å². The minimum absolute atomic E-state index is 0.144. The van der Waals surface area contributed by atoms with E-state index in [0.29, 0.717) is 37.6 Å². The molecule has 37 heavy (non-hydrogen) atoms. The van der Waals surface area contributed by atoms with Crippen molar-refractivity contribution in [3.63, 3.8) is 0 Å². The summed E-state index contributed by atoms with van der Waals surface area (Å²) in [5.74, 6) is 0.303. The molecule has 0 aliphatic heterocycles. The van der Waals surface area contributed by atoms with Gasteiger partial charge in [0, 0.05) is 25.4 Å². The Morgan fingerprint density at radius 2 is 1.92 bits per heavy atom. The molecule has 0 spiro atoms. The van der Waals surface area contributed by atoms with Gasteiger partial charge in [0.1, 0.15) is 6.04 Å². The molecule has 3 rings (SSSR count). The molecule has 2 atom stereocenters. The number of nitrogens with one attached hydrogen (secondary N) is 3. The number of hydrogen-bond acceptors (Lipinski definition) is 5. The average molecular weight is 527 g/mol. The van der Waals surface area contributed by atoms with Crippen LogP contribution in [0.15, 0.2) is 30.9 Å². The Labute approximate surface area is 224 Å². The number of nitrogens with zero attached hydrogens (tertiary/aromatic N) is 1. The third kappa shape index (κ3) is 8.95. The number of carbonyl (C=O) groups is 3. The second-order valence-electron chi connectivity index (χ2n) is 10.5. The van der Waals surface area contributed by atoms with Crippen LogP contribution in [-0.4, -0.2) is 41.3 Å². The van der Waals surface area contributed by atoms with E-state index >= 15 is 0 Å². The topological polar surface area (TPSA) is 100 Å². The lowest BCUT2D eigenvalue weighted by molar-refractivity contribution is -0.129. The maximum Gasteiger partial charge on any atom is 0.243 e. The summed E-state index contributed by atoms with van der Waals surface area (Å²) in [6.45, 7) is 10.1. The third-order valence-corrected chi connectivity index (χ3v) is 8.07. The first kappa shape index (κ1) is 28.8. The molecular weight excluding hydrogens is 484 g/mol. The van der Waals surface area contributed by atoms with Gasteiger partial charge in [0.25, 0.3) is 0 Å². The Morgan fingerprint density at radius 3 is 2.59 bits per heavy atom. The van der Waals surface area contributed by atoms with Gasteiger partial charge in [-0.3, -0.25) is 14.4 Å². The summed E-state index contributed by atoms with van der Waals surface area (Å²) in [4.78, 5) is 42.6. The monoisotopic (exact) mass is 526 g/mol. The van der Waals surface area contributed by atoms with E-state index in [4.69, 9.17) is 4.98 Å². The minimum atomic E-state index is -0.729. The summed E-state index contributed by atoms with van der Waals surface area (Å²) in [6.07, 6.45) is 9.39. The van der Waals surface area contributed by atoms with Crippen LogP contribution in [-0.2, 0) is 20.8 Å². The average Bonchev–Trinajstić information content (AvgIpc) is 3.29. The van der Waals surface area contributed by atoms with Crippen molar-refractivity contribution in [3.8, 4) is 0 Å². The van der Waals surface area contributed by atoms with Gasteiger partial charge >= 0.3 is 0 Å². The van der Waals surface area contributed by atoms with E-state index in [0.717, 1.165) is 34.5 Å². The van der Waals surface area contributed by atoms with Gasteiger partial charge in [-0.1, -0.05) is 65.5 Å². The molecule has 202 valence electrons. The lowest BCUT2D eigenvalue weighted by atomic mass is 9.84. The van der Waals surface area contributed by atoms with Crippen molar-refractivity contribution in [1.82, 2.24) is 20.9 Å². The highest BCUT2D eigenvalue weighted by molar-refractivity contribution is 7.18. The zero-order valence-electron chi connectivity index (χ0n) is 22.5. The van der Waals surface area contributed by atoms with Crippen LogP contribution in [0, 0.1) is 5.92 Å². The number of amides is 3. The van der Waals surface area contributed by atoms with Crippen LogP contribution in [0.4, 0.5) is 0 Å². The molecular formula is C29H42N4O3S. The molecule has 3 N–H and O–H groups in total. The molecule has 8 heteroatoms. The number of benzene rings is 1. The lowest BCUT2D eigenvalue weighted by Crippen LogP contribution is -2.53. The molecule has 1 fully saturated rings. The Kier molecular flexibility index (Phi) is 11.1. The summed E-state index contributed by atoms with van der Waals surface area (Å²) in [7, 11) is 0. The first-order chi connectivity index (χ1) is 17.8. The summed E-state index contributed by atoms with van der Waals surface area (Å²) >= 11 is 1.57. The molecule has 0 bridgehead atoms. The smallest absolute Gasteiger partial charge is 0.243 e. The van der Waals surface area contributed by atoms with E-state index < -0.39 is 6.04 Å². The fraction of sp³-hybridized carbons (Fsp3) is 0.586. The van der Waals surface area contributed by atoms with E-state index in [1.54, 1.807) is 11.3 Å². The number of carbonyl (C=O) groups excluding carboxylic acids is 3. The van der Waals surface area contributed by atoms with Gasteiger partial charge in [0.2, 0.25) is 17.7 Å². The van der Waals surface area contributed by atoms with Gasteiger partial charge < -0.3 is 16.0 Å². The predicted molar refractivity (Wildman–Crippen MR) is 151 cm³/mol. The summed E-state index contributed by atoms with van der Waals surface area (Å²) in [5.41, 5.74) is 2.16. The number of aromatic nitrogens is 1. The first-order valence-corrected chi connectivity index (χ1v) is 14.5. The van der Waals surface area contributed by atoms with Crippen molar-refractivity contribution in [2.45, 2.75) is 96.6 Å². The number of fused-ring (bicyclic) bond motifs is 1. The molecule has 1 aliphatic rings. The highest BCUT2D eigenvalue weighted by Gasteiger charge is 2.27. The molecule has 1 unspecified atom stereocenters. The highest BCUT2D eigenvalue weighted by Crippen LogP contribution is 2.28. The van der Waals surface area contributed by atoms with Crippen molar-refractivity contribution in [2.24, 2.45) is 5.92 Å². The van der Waals surface area contributed by atoms with Crippen molar-refractivity contribution in [1.29, 1.82) is 0 Å². The van der Waals surface area contributed by atoms with Crippen LogP contribution in [0.1, 0.15) is 88.6 Å². The van der Waals surface area contributed by atoms with Crippen molar-refractivity contribution < 1.29 is 14.4 Å². The van der Waals surface area contributed by atoms with Crippen LogP contribution in [0.25, 0.3) is 10.2 Å². The van der Waals surface area contributed by atoms with Crippen molar-refractivity contribution in [2.75, 3.05) is 6.54 Å². The fourth-order valence-electron chi connectivity index (χ4n) is 4.93. The van der Waals surface area contributed by atoms with E-state index in [2.05, 4.69) is 48.5 Å². The molecule has 3 amide bonds. The summed E-state index contributed by atoms with van der Waals surface area (Å²) in [6, 6.07) is 5.34. The van der Waals surface area contributed by atoms with Crippen molar-refractivity contribution in [3.05, 3.63) is 41.4 Å². The second-order valence-corrected chi connectivity index (χ2v) is 11.6. The predicted octanol–water partition coefficient (Wildman–Crippen LogP) is 5.00. The molecule has 7 nitrogen and oxygen atoms in total. The molecule has 1 aromatic carbocycles. The number of rotatable bonds is 13. The largest absolute Gasteiger partial charge is 0.351 e. The Bertz CT molecular complexity index is 1070. The maximum absolute atomic E-state index is 13.5. The zero-order valence-corrected chi connectivity index (χ0v) is 23.3. The summed E-state index contributed by atoms with van der Waals surface area (Å²) in [5, 5.41) is 9.74. The fourth-order valence-corrected chi connectivity index (χ4v) is 5.99. The van der Waals surface area contributed by atoms with Gasteiger partial charge in [0.15, 0.2) is 0 Å². The van der Waals surface area contributed by atoms with E-state index in [1.807, 2.05) is 13.0 Å². The van der Waals surface area contributed by atoms with Gasteiger partial charge in [0.05, 0.1) is 15.2 Å². The van der Waals surface area contributed by atoms with E-state index in [-0.39, 0.29) is 23.8 Å². The standard InChI is InChI=1S/C29H42N4O3S/c1-5-10-27(35)32-24(17-28-33-23-14-13-21(19(3)4)16-25(23)37-28)29(36)31-22(18-30-26(34)6-2)15-20-11-8-7-9-12-20/h6,13-14,16,19-20,22,24H,2,5,7-12,15,17-18H2,1,3-4H3,(H,30,34)(H,31,36)(H,32,35)/t22?,24-/m0/s1. The van der Waals surface area contributed by atoms with Gasteiger partial charge in [-0.15, -0.1) is 11.3 Å². The number of hydrogen-bond donors (Lipinski definition) is 3. The minimum Gasteiger partial charge on any atom is -0.351 e. The Balaban J connectivity index is 1.76. The number of thiazole rings is 1. The zero-order chi connectivity index (χ0) is 26.8. The third-order valence-electron chi connectivity index (χ3n) is 7.03. The molecule has 1 heterocycles. The van der Waals surface area contributed by atoms with Crippen LogP contribution >= 0.6 is 11.3 Å². The first-order valence-electron chi connectivity index (χ1n) is 13.7. The van der Waals surface area contributed by atoms with Gasteiger partial charge in [-0.25, -0.2) is 4.98 Å². The Hall–Kier alpha value is -2.74. The summed E-state index contributed by atoms with van der Waals surface area (Å²) < 4.78 is 1.09. The molecule has 0 radical (unpaired) electrons. The second kappa shape index (κ2) is 14.3. The molecule has 1 saturated carbocycles. The maximum atomic E-state index is 13.5. The van der Waals surface area contributed by atoms with Crippen LogP contribution in [0.5, 0.6) is 0 Å². The quantitative estimate of drug-likeness (QED) is 0.320. The lowest BCUT2D eigenvalue weighted by Gasteiger charge is -2.28. The van der Waals surface area contributed by atoms with E-state index in [9.17, 15) is 14.4 Å².